The summed E-state index contributed by atoms with van der Waals surface area (Å²) in [5.74, 6) is 2.27. The number of thiophene rings is 1. The van der Waals surface area contributed by atoms with Crippen molar-refractivity contribution in [1.82, 2.24) is 4.90 Å². The summed E-state index contributed by atoms with van der Waals surface area (Å²) in [6.45, 7) is 7.77. The smallest absolute Gasteiger partial charge is 0.137 e. The average Bonchev–Trinajstić information content (AvgIpc) is 2.88. The highest BCUT2D eigenvalue weighted by Crippen LogP contribution is 2.33. The minimum atomic E-state index is 0.288. The summed E-state index contributed by atoms with van der Waals surface area (Å²) in [4.78, 5) is 16.3. The van der Waals surface area contributed by atoms with E-state index in [2.05, 4.69) is 30.2 Å². The fraction of sp³-hybridized carbons (Fsp3) is 0.706. The second kappa shape index (κ2) is 5.98. The molecule has 3 rings (SSSR count). The summed E-state index contributed by atoms with van der Waals surface area (Å²) in [6, 6.07) is 2.26. The Hall–Kier alpha value is -0.670. The first-order valence-corrected chi connectivity index (χ1v) is 8.81. The molecule has 0 amide bonds. The third-order valence-electron chi connectivity index (χ3n) is 5.11. The molecule has 0 aromatic carbocycles. The van der Waals surface area contributed by atoms with Gasteiger partial charge in [-0.2, -0.15) is 0 Å². The maximum Gasteiger partial charge on any atom is 0.137 e. The van der Waals surface area contributed by atoms with Crippen LogP contribution in [0.15, 0.2) is 11.4 Å². The molecule has 1 aromatic rings. The maximum atomic E-state index is 12.2. The summed E-state index contributed by atoms with van der Waals surface area (Å²) >= 11 is 1.88. The van der Waals surface area contributed by atoms with Crippen molar-refractivity contribution in [2.45, 2.75) is 46.1 Å². The number of ketones is 1. The molecular weight excluding hydrogens is 266 g/mol. The van der Waals surface area contributed by atoms with Crippen molar-refractivity contribution < 1.29 is 4.79 Å². The quantitative estimate of drug-likeness (QED) is 0.845. The third-order valence-corrected chi connectivity index (χ3v) is 6.14. The summed E-state index contributed by atoms with van der Waals surface area (Å²) in [6.07, 6.45) is 4.21. The topological polar surface area (TPSA) is 20.3 Å². The SMILES string of the molecule is CC(C)C1CCC(=O)C(CN2CCc3sccc3C2)C1. The van der Waals surface area contributed by atoms with Gasteiger partial charge in [-0.3, -0.25) is 9.69 Å². The van der Waals surface area contributed by atoms with Gasteiger partial charge >= 0.3 is 0 Å². The highest BCUT2D eigenvalue weighted by molar-refractivity contribution is 7.10. The van der Waals surface area contributed by atoms with Crippen LogP contribution in [0, 0.1) is 17.8 Å². The molecule has 0 bridgehead atoms. The van der Waals surface area contributed by atoms with E-state index in [9.17, 15) is 4.79 Å². The maximum absolute atomic E-state index is 12.2. The molecule has 2 aliphatic rings. The zero-order chi connectivity index (χ0) is 14.1. The van der Waals surface area contributed by atoms with Crippen LogP contribution in [0.1, 0.15) is 43.6 Å². The number of Topliss-reactive ketones (excluding diaryl/α,β-unsaturated/α-hetero) is 1. The second-order valence-corrected chi connectivity index (χ2v) is 7.80. The molecule has 1 aromatic heterocycles. The van der Waals surface area contributed by atoms with Crippen LogP contribution in [0.4, 0.5) is 0 Å². The first-order chi connectivity index (χ1) is 9.63. The summed E-state index contributed by atoms with van der Waals surface area (Å²) in [5.41, 5.74) is 1.49. The second-order valence-electron chi connectivity index (χ2n) is 6.80. The Morgan fingerprint density at radius 3 is 3.05 bits per heavy atom. The molecule has 110 valence electrons. The van der Waals surface area contributed by atoms with E-state index in [0.717, 1.165) is 50.7 Å². The molecule has 0 spiro atoms. The van der Waals surface area contributed by atoms with Gasteiger partial charge in [-0.05, 0) is 48.1 Å². The Bertz CT molecular complexity index is 479. The van der Waals surface area contributed by atoms with Crippen LogP contribution in [-0.4, -0.2) is 23.8 Å². The predicted molar refractivity (Wildman–Crippen MR) is 84.0 cm³/mol. The fourth-order valence-electron chi connectivity index (χ4n) is 3.70. The minimum Gasteiger partial charge on any atom is -0.299 e. The van der Waals surface area contributed by atoms with Gasteiger partial charge in [0.2, 0.25) is 0 Å². The number of hydrogen-bond donors (Lipinski definition) is 0. The van der Waals surface area contributed by atoms with Gasteiger partial charge in [0.1, 0.15) is 5.78 Å². The molecule has 0 N–H and O–H groups in total. The van der Waals surface area contributed by atoms with Crippen molar-refractivity contribution in [3.8, 4) is 0 Å². The van der Waals surface area contributed by atoms with E-state index in [1.54, 1.807) is 4.88 Å². The number of fused-ring (bicyclic) bond motifs is 1. The van der Waals surface area contributed by atoms with Gasteiger partial charge in [0.15, 0.2) is 0 Å². The molecule has 1 saturated carbocycles. The van der Waals surface area contributed by atoms with Gasteiger partial charge in [0.05, 0.1) is 0 Å². The van der Waals surface area contributed by atoms with E-state index in [4.69, 9.17) is 0 Å². The van der Waals surface area contributed by atoms with E-state index in [1.807, 2.05) is 11.3 Å². The van der Waals surface area contributed by atoms with E-state index < -0.39 is 0 Å². The molecule has 1 aliphatic carbocycles. The van der Waals surface area contributed by atoms with Crippen LogP contribution in [0.5, 0.6) is 0 Å². The van der Waals surface area contributed by atoms with Gasteiger partial charge in [-0.15, -0.1) is 11.3 Å². The van der Waals surface area contributed by atoms with Crippen LogP contribution in [0.3, 0.4) is 0 Å². The molecule has 1 aliphatic heterocycles. The number of hydrogen-bond acceptors (Lipinski definition) is 3. The van der Waals surface area contributed by atoms with Gasteiger partial charge < -0.3 is 0 Å². The number of carbonyl (C=O) groups excluding carboxylic acids is 1. The highest BCUT2D eigenvalue weighted by atomic mass is 32.1. The molecule has 2 atom stereocenters. The van der Waals surface area contributed by atoms with E-state index >= 15 is 0 Å². The first kappa shape index (κ1) is 14.3. The van der Waals surface area contributed by atoms with Crippen LogP contribution in [-0.2, 0) is 17.8 Å². The molecule has 0 saturated heterocycles. The Kier molecular flexibility index (Phi) is 4.27. The Labute approximate surface area is 126 Å². The zero-order valence-corrected chi connectivity index (χ0v) is 13.4. The van der Waals surface area contributed by atoms with Gasteiger partial charge in [0.25, 0.3) is 0 Å². The average molecular weight is 291 g/mol. The zero-order valence-electron chi connectivity index (χ0n) is 12.6. The van der Waals surface area contributed by atoms with Crippen molar-refractivity contribution in [3.63, 3.8) is 0 Å². The van der Waals surface area contributed by atoms with Crippen molar-refractivity contribution in [3.05, 3.63) is 21.9 Å². The third kappa shape index (κ3) is 2.99. The van der Waals surface area contributed by atoms with Crippen molar-refractivity contribution >= 4 is 17.1 Å². The molecule has 2 heterocycles. The van der Waals surface area contributed by atoms with E-state index in [0.29, 0.717) is 5.78 Å². The fourth-order valence-corrected chi connectivity index (χ4v) is 4.59. The lowest BCUT2D eigenvalue weighted by Crippen LogP contribution is -2.39. The van der Waals surface area contributed by atoms with Crippen molar-refractivity contribution in [2.75, 3.05) is 13.1 Å². The van der Waals surface area contributed by atoms with Crippen LogP contribution < -0.4 is 0 Å². The number of nitrogens with zero attached hydrogens (tertiary/aromatic N) is 1. The molecule has 20 heavy (non-hydrogen) atoms. The van der Waals surface area contributed by atoms with Crippen LogP contribution >= 0.6 is 11.3 Å². The molecule has 3 heteroatoms. The molecular formula is C17H25NOS. The first-order valence-electron chi connectivity index (χ1n) is 7.94. The highest BCUT2D eigenvalue weighted by Gasteiger charge is 2.32. The lowest BCUT2D eigenvalue weighted by atomic mass is 9.75. The monoisotopic (exact) mass is 291 g/mol. The summed E-state index contributed by atoms with van der Waals surface area (Å²) in [7, 11) is 0. The van der Waals surface area contributed by atoms with Gasteiger partial charge in [0, 0.05) is 36.9 Å². The number of rotatable bonds is 3. The van der Waals surface area contributed by atoms with Crippen molar-refractivity contribution in [1.29, 1.82) is 0 Å². The lowest BCUT2D eigenvalue weighted by Gasteiger charge is -2.35. The Balaban J connectivity index is 1.61. The molecule has 1 fully saturated rings. The molecule has 2 nitrogen and oxygen atoms in total. The van der Waals surface area contributed by atoms with Crippen LogP contribution in [0.2, 0.25) is 0 Å². The molecule has 0 radical (unpaired) electrons. The lowest BCUT2D eigenvalue weighted by molar-refractivity contribution is -0.126. The largest absolute Gasteiger partial charge is 0.299 e. The van der Waals surface area contributed by atoms with Crippen molar-refractivity contribution in [2.24, 2.45) is 17.8 Å². The molecule has 2 unspecified atom stereocenters. The van der Waals surface area contributed by atoms with Gasteiger partial charge in [-0.1, -0.05) is 13.8 Å². The summed E-state index contributed by atoms with van der Waals surface area (Å²) in [5, 5.41) is 2.20. The van der Waals surface area contributed by atoms with E-state index in [1.165, 1.54) is 12.0 Å². The van der Waals surface area contributed by atoms with Crippen LogP contribution in [0.25, 0.3) is 0 Å². The standard InChI is InChI=1S/C17H25NOS/c1-12(2)13-3-4-16(19)15(9-13)11-18-7-5-17-14(10-18)6-8-20-17/h6,8,12-13,15H,3-5,7,9-11H2,1-2H3. The summed E-state index contributed by atoms with van der Waals surface area (Å²) < 4.78 is 0. The minimum absolute atomic E-state index is 0.288. The normalized spacial score (nSPS) is 27.9. The number of carbonyl (C=O) groups is 1. The van der Waals surface area contributed by atoms with E-state index in [-0.39, 0.29) is 5.92 Å². The Morgan fingerprint density at radius 1 is 1.40 bits per heavy atom. The Morgan fingerprint density at radius 2 is 2.25 bits per heavy atom. The van der Waals surface area contributed by atoms with Gasteiger partial charge in [-0.25, -0.2) is 0 Å². The predicted octanol–water partition coefficient (Wildman–Crippen LogP) is 3.75.